The summed E-state index contributed by atoms with van der Waals surface area (Å²) >= 11 is 0. The van der Waals surface area contributed by atoms with E-state index in [1.165, 1.54) is 0 Å². The fraction of sp³-hybridized carbons (Fsp3) is 0.533. The number of carbonyl (C=O) groups excluding carboxylic acids is 1. The number of hydrogen-bond acceptors (Lipinski definition) is 2. The van der Waals surface area contributed by atoms with E-state index in [2.05, 4.69) is 0 Å². The molecule has 1 atom stereocenters. The second-order valence-corrected chi connectivity index (χ2v) is 5.19. The van der Waals surface area contributed by atoms with E-state index in [0.29, 0.717) is 25.1 Å². The van der Waals surface area contributed by atoms with Crippen molar-refractivity contribution in [1.29, 1.82) is 0 Å². The zero-order valence-electron chi connectivity index (χ0n) is 11.5. The summed E-state index contributed by atoms with van der Waals surface area (Å²) in [4.78, 5) is 13.6. The van der Waals surface area contributed by atoms with Gasteiger partial charge in [-0.05, 0) is 36.5 Å². The van der Waals surface area contributed by atoms with Crippen LogP contribution in [0.2, 0.25) is 0 Å². The average molecular weight is 265 g/mol. The molecule has 1 fully saturated rings. The van der Waals surface area contributed by atoms with Gasteiger partial charge in [-0.2, -0.15) is 0 Å². The smallest absolute Gasteiger partial charge is 0.223 e. The highest BCUT2D eigenvalue weighted by molar-refractivity contribution is 5.78. The fourth-order valence-corrected chi connectivity index (χ4v) is 2.50. The minimum atomic E-state index is -0.168. The van der Waals surface area contributed by atoms with Gasteiger partial charge in [-0.1, -0.05) is 12.1 Å². The van der Waals surface area contributed by atoms with E-state index in [-0.39, 0.29) is 17.6 Å². The summed E-state index contributed by atoms with van der Waals surface area (Å²) in [6.07, 6.45) is 1.31. The number of rotatable bonds is 5. The number of likely N-dealkylation sites (tertiary alicyclic amines) is 1. The Morgan fingerprint density at radius 2 is 2.26 bits per heavy atom. The van der Waals surface area contributed by atoms with Crippen LogP contribution in [0.3, 0.4) is 0 Å². The molecule has 19 heavy (non-hydrogen) atoms. The lowest BCUT2D eigenvalue weighted by atomic mass is 9.98. The van der Waals surface area contributed by atoms with Gasteiger partial charge in [0.15, 0.2) is 0 Å². The van der Waals surface area contributed by atoms with Crippen LogP contribution in [0, 0.1) is 18.7 Å². The normalized spacial score (nSPS) is 19.2. The van der Waals surface area contributed by atoms with E-state index in [1.54, 1.807) is 26.2 Å². The Morgan fingerprint density at radius 3 is 2.95 bits per heavy atom. The number of nitrogens with zero attached hydrogens (tertiary/aromatic N) is 1. The lowest BCUT2D eigenvalue weighted by Crippen LogP contribution is -2.28. The van der Waals surface area contributed by atoms with Crippen molar-refractivity contribution in [2.24, 2.45) is 5.92 Å². The number of ether oxygens (including phenoxy) is 1. The number of aryl methyl sites for hydroxylation is 1. The molecule has 1 aliphatic heterocycles. The van der Waals surface area contributed by atoms with Gasteiger partial charge in [-0.25, -0.2) is 4.39 Å². The molecule has 1 aromatic rings. The molecule has 0 saturated carbocycles. The van der Waals surface area contributed by atoms with E-state index < -0.39 is 0 Å². The Kier molecular flexibility index (Phi) is 4.53. The molecule has 3 nitrogen and oxygen atoms in total. The minimum absolute atomic E-state index is 0.168. The molecule has 0 spiro atoms. The van der Waals surface area contributed by atoms with E-state index in [1.807, 2.05) is 11.0 Å². The van der Waals surface area contributed by atoms with Gasteiger partial charge in [0.2, 0.25) is 5.91 Å². The number of benzene rings is 1. The van der Waals surface area contributed by atoms with Gasteiger partial charge in [0.25, 0.3) is 0 Å². The number of hydrogen-bond donors (Lipinski definition) is 0. The molecular weight excluding hydrogens is 245 g/mol. The van der Waals surface area contributed by atoms with E-state index in [9.17, 15) is 9.18 Å². The summed E-state index contributed by atoms with van der Waals surface area (Å²) in [7, 11) is 1.63. The maximum absolute atomic E-state index is 13.5. The summed E-state index contributed by atoms with van der Waals surface area (Å²) < 4.78 is 18.5. The standard InChI is InChI=1S/C15H20FNO2/c1-11-3-4-12(8-14(11)16)7-13-9-15(18)17(10-13)5-6-19-2/h3-4,8,13H,5-7,9-10H2,1-2H3/t13-/m1/s1. The van der Waals surface area contributed by atoms with Crippen molar-refractivity contribution >= 4 is 5.91 Å². The van der Waals surface area contributed by atoms with E-state index in [0.717, 1.165) is 18.5 Å². The first-order valence-electron chi connectivity index (χ1n) is 6.62. The monoisotopic (exact) mass is 265 g/mol. The second kappa shape index (κ2) is 6.15. The Hall–Kier alpha value is -1.42. The maximum Gasteiger partial charge on any atom is 0.223 e. The van der Waals surface area contributed by atoms with E-state index in [4.69, 9.17) is 4.74 Å². The fourth-order valence-electron chi connectivity index (χ4n) is 2.50. The van der Waals surface area contributed by atoms with Crippen molar-refractivity contribution in [2.75, 3.05) is 26.8 Å². The molecule has 0 N–H and O–H groups in total. The highest BCUT2D eigenvalue weighted by atomic mass is 19.1. The molecule has 0 radical (unpaired) electrons. The summed E-state index contributed by atoms with van der Waals surface area (Å²) in [5.41, 5.74) is 1.63. The van der Waals surface area contributed by atoms with E-state index >= 15 is 0 Å². The molecule has 4 heteroatoms. The first-order valence-corrected chi connectivity index (χ1v) is 6.62. The minimum Gasteiger partial charge on any atom is -0.383 e. The van der Waals surface area contributed by atoms with Gasteiger partial charge in [0.1, 0.15) is 5.82 Å². The molecule has 2 rings (SSSR count). The Balaban J connectivity index is 1.93. The van der Waals surface area contributed by atoms with Crippen molar-refractivity contribution in [3.8, 4) is 0 Å². The van der Waals surface area contributed by atoms with Crippen LogP contribution < -0.4 is 0 Å². The summed E-state index contributed by atoms with van der Waals surface area (Å²) in [6.45, 7) is 3.72. The van der Waals surface area contributed by atoms with Crippen LogP contribution in [0.5, 0.6) is 0 Å². The molecule has 104 valence electrons. The third kappa shape index (κ3) is 3.53. The predicted octanol–water partition coefficient (Wildman–Crippen LogP) is 2.17. The molecule has 1 aromatic carbocycles. The molecule has 0 aromatic heterocycles. The number of methoxy groups -OCH3 is 1. The summed E-state index contributed by atoms with van der Waals surface area (Å²) in [5, 5.41) is 0. The first kappa shape index (κ1) is 14.0. The zero-order chi connectivity index (χ0) is 13.8. The Morgan fingerprint density at radius 1 is 1.47 bits per heavy atom. The van der Waals surface area contributed by atoms with Crippen LogP contribution >= 0.6 is 0 Å². The average Bonchev–Trinajstić information content (AvgIpc) is 2.72. The lowest BCUT2D eigenvalue weighted by molar-refractivity contribution is -0.128. The van der Waals surface area contributed by atoms with Crippen LogP contribution in [0.4, 0.5) is 4.39 Å². The Labute approximate surface area is 113 Å². The van der Waals surface area contributed by atoms with Gasteiger partial charge >= 0.3 is 0 Å². The highest BCUT2D eigenvalue weighted by Crippen LogP contribution is 2.22. The number of amides is 1. The molecule has 0 bridgehead atoms. The molecule has 1 saturated heterocycles. The third-order valence-electron chi connectivity index (χ3n) is 3.62. The summed E-state index contributed by atoms with van der Waals surface area (Å²) in [5.74, 6) is 0.291. The van der Waals surface area contributed by atoms with Gasteiger partial charge in [-0.3, -0.25) is 4.79 Å². The SMILES string of the molecule is COCCN1C[C@H](Cc2ccc(C)c(F)c2)CC1=O. The molecule has 1 heterocycles. The van der Waals surface area contributed by atoms with Crippen LogP contribution in [-0.2, 0) is 16.0 Å². The topological polar surface area (TPSA) is 29.5 Å². The van der Waals surface area contributed by atoms with Crippen molar-refractivity contribution in [2.45, 2.75) is 19.8 Å². The van der Waals surface area contributed by atoms with Gasteiger partial charge in [0.05, 0.1) is 6.61 Å². The third-order valence-corrected chi connectivity index (χ3v) is 3.62. The second-order valence-electron chi connectivity index (χ2n) is 5.19. The van der Waals surface area contributed by atoms with Gasteiger partial charge in [0, 0.05) is 26.6 Å². The Bertz CT molecular complexity index is 461. The van der Waals surface area contributed by atoms with Crippen LogP contribution in [0.15, 0.2) is 18.2 Å². The molecule has 1 aliphatic rings. The van der Waals surface area contributed by atoms with Crippen molar-refractivity contribution < 1.29 is 13.9 Å². The molecule has 0 aliphatic carbocycles. The van der Waals surface area contributed by atoms with Gasteiger partial charge < -0.3 is 9.64 Å². The summed E-state index contributed by atoms with van der Waals surface area (Å²) in [6, 6.07) is 5.32. The van der Waals surface area contributed by atoms with Crippen LogP contribution in [-0.4, -0.2) is 37.6 Å². The van der Waals surface area contributed by atoms with Crippen LogP contribution in [0.25, 0.3) is 0 Å². The number of carbonyl (C=O) groups is 1. The lowest BCUT2D eigenvalue weighted by Gasteiger charge is -2.16. The quantitative estimate of drug-likeness (QED) is 0.816. The highest BCUT2D eigenvalue weighted by Gasteiger charge is 2.29. The van der Waals surface area contributed by atoms with Crippen molar-refractivity contribution in [3.63, 3.8) is 0 Å². The zero-order valence-corrected chi connectivity index (χ0v) is 11.5. The molecule has 1 amide bonds. The molecular formula is C15H20FNO2. The van der Waals surface area contributed by atoms with Crippen LogP contribution in [0.1, 0.15) is 17.5 Å². The first-order chi connectivity index (χ1) is 9.10. The number of halogens is 1. The maximum atomic E-state index is 13.5. The van der Waals surface area contributed by atoms with Crippen molar-refractivity contribution in [1.82, 2.24) is 4.90 Å². The van der Waals surface area contributed by atoms with Crippen molar-refractivity contribution in [3.05, 3.63) is 35.1 Å². The molecule has 0 unspecified atom stereocenters. The largest absolute Gasteiger partial charge is 0.383 e. The van der Waals surface area contributed by atoms with Gasteiger partial charge in [-0.15, -0.1) is 0 Å². The predicted molar refractivity (Wildman–Crippen MR) is 71.4 cm³/mol.